The fourth-order valence-corrected chi connectivity index (χ4v) is 3.19. The van der Waals surface area contributed by atoms with Crippen LogP contribution >= 0.6 is 0 Å². The summed E-state index contributed by atoms with van der Waals surface area (Å²) in [6.45, 7) is 8.08. The van der Waals surface area contributed by atoms with Crippen LogP contribution in [0.3, 0.4) is 0 Å². The van der Waals surface area contributed by atoms with E-state index in [0.29, 0.717) is 5.56 Å². The molecule has 0 aromatic heterocycles. The van der Waals surface area contributed by atoms with Gasteiger partial charge in [-0.2, -0.15) is 0 Å². The topological polar surface area (TPSA) is 102 Å². The molecule has 0 aliphatic heterocycles. The maximum Gasteiger partial charge on any atom is 0.338 e. The van der Waals surface area contributed by atoms with Crippen molar-refractivity contribution in [3.05, 3.63) is 65.2 Å². The lowest BCUT2D eigenvalue weighted by Gasteiger charge is -2.19. The molecule has 0 aliphatic carbocycles. The number of nitrogens with one attached hydrogen (secondary N) is 2. The molecule has 2 aromatic rings. The molecule has 8 heteroatoms. The third-order valence-electron chi connectivity index (χ3n) is 3.99. The van der Waals surface area contributed by atoms with Gasteiger partial charge in [0, 0.05) is 5.56 Å². The Bertz CT molecular complexity index is 944. The molecule has 2 aromatic carbocycles. The first kappa shape index (κ1) is 21.6. The minimum atomic E-state index is -3.98. The van der Waals surface area contributed by atoms with E-state index >= 15 is 0 Å². The van der Waals surface area contributed by atoms with Crippen LogP contribution in [-0.2, 0) is 20.2 Å². The van der Waals surface area contributed by atoms with Crippen molar-refractivity contribution in [1.82, 2.24) is 10.3 Å². The van der Waals surface area contributed by atoms with E-state index in [9.17, 15) is 18.0 Å². The summed E-state index contributed by atoms with van der Waals surface area (Å²) < 4.78 is 29.5. The molecule has 0 spiro atoms. The molecule has 2 rings (SSSR count). The van der Waals surface area contributed by atoms with Crippen LogP contribution in [0.2, 0.25) is 0 Å². The first-order chi connectivity index (χ1) is 13.0. The van der Waals surface area contributed by atoms with Crippen LogP contribution in [-0.4, -0.2) is 26.9 Å². The van der Waals surface area contributed by atoms with Crippen molar-refractivity contribution < 1.29 is 22.7 Å². The van der Waals surface area contributed by atoms with E-state index < -0.39 is 21.9 Å². The second-order valence-electron chi connectivity index (χ2n) is 7.13. The first-order valence-electron chi connectivity index (χ1n) is 8.74. The van der Waals surface area contributed by atoms with Gasteiger partial charge in [0.2, 0.25) is 0 Å². The first-order valence-corrected chi connectivity index (χ1v) is 10.2. The highest BCUT2D eigenvalue weighted by atomic mass is 32.2. The largest absolute Gasteiger partial charge is 0.462 e. The van der Waals surface area contributed by atoms with Crippen molar-refractivity contribution >= 4 is 21.9 Å². The Balaban J connectivity index is 2.04. The molecule has 0 heterocycles. The normalized spacial score (nSPS) is 11.7. The molecule has 7 nitrogen and oxygen atoms in total. The molecular weight excluding hydrogens is 380 g/mol. The predicted molar refractivity (Wildman–Crippen MR) is 105 cm³/mol. The van der Waals surface area contributed by atoms with Crippen LogP contribution in [0, 0.1) is 0 Å². The van der Waals surface area contributed by atoms with Crippen LogP contribution in [0.5, 0.6) is 0 Å². The van der Waals surface area contributed by atoms with Gasteiger partial charge in [0.25, 0.3) is 15.9 Å². The Labute approximate surface area is 165 Å². The van der Waals surface area contributed by atoms with Crippen molar-refractivity contribution in [2.45, 2.75) is 38.0 Å². The summed E-state index contributed by atoms with van der Waals surface area (Å²) >= 11 is 0. The van der Waals surface area contributed by atoms with E-state index in [2.05, 4.69) is 26.2 Å². The zero-order valence-electron chi connectivity index (χ0n) is 16.3. The van der Waals surface area contributed by atoms with Crippen molar-refractivity contribution in [1.29, 1.82) is 0 Å². The van der Waals surface area contributed by atoms with Gasteiger partial charge >= 0.3 is 5.97 Å². The average Bonchev–Trinajstić information content (AvgIpc) is 2.66. The van der Waals surface area contributed by atoms with Gasteiger partial charge in [-0.05, 0) is 54.3 Å². The molecule has 0 radical (unpaired) electrons. The lowest BCUT2D eigenvalue weighted by Crippen LogP contribution is -2.41. The number of ether oxygens (including phenoxy) is 1. The SMILES string of the molecule is CCOC(=O)c1ccc(S(=O)(=O)NNC(=O)c2ccc(C(C)(C)C)cc2)cc1. The molecular formula is C20H24N2O5S. The quantitative estimate of drug-likeness (QED) is 0.569. The molecule has 1 amide bonds. The number of hydrazine groups is 1. The zero-order valence-corrected chi connectivity index (χ0v) is 17.1. The second-order valence-corrected chi connectivity index (χ2v) is 8.81. The number of carbonyl (C=O) groups excluding carboxylic acids is 2. The van der Waals surface area contributed by atoms with Crippen LogP contribution < -0.4 is 10.3 Å². The number of esters is 1. The molecule has 28 heavy (non-hydrogen) atoms. The fourth-order valence-electron chi connectivity index (χ4n) is 2.35. The van der Waals surface area contributed by atoms with E-state index in [1.54, 1.807) is 19.1 Å². The number of amides is 1. The smallest absolute Gasteiger partial charge is 0.338 e. The third-order valence-corrected chi connectivity index (χ3v) is 5.25. The molecule has 150 valence electrons. The Hall–Kier alpha value is -2.71. The van der Waals surface area contributed by atoms with Crippen molar-refractivity contribution in [2.75, 3.05) is 6.61 Å². The summed E-state index contributed by atoms with van der Waals surface area (Å²) in [6, 6.07) is 12.2. The summed E-state index contributed by atoms with van der Waals surface area (Å²) in [5.41, 5.74) is 3.76. The predicted octanol–water partition coefficient (Wildman–Crippen LogP) is 2.78. The van der Waals surface area contributed by atoms with Gasteiger partial charge < -0.3 is 4.74 Å². The van der Waals surface area contributed by atoms with E-state index in [0.717, 1.165) is 5.56 Å². The highest BCUT2D eigenvalue weighted by Crippen LogP contribution is 2.22. The monoisotopic (exact) mass is 404 g/mol. The minimum absolute atomic E-state index is 0.0493. The highest BCUT2D eigenvalue weighted by Gasteiger charge is 2.18. The van der Waals surface area contributed by atoms with E-state index in [1.165, 1.54) is 24.3 Å². The molecule has 0 saturated heterocycles. The maximum atomic E-state index is 12.3. The zero-order chi connectivity index (χ0) is 20.9. The van der Waals surface area contributed by atoms with E-state index in [4.69, 9.17) is 4.74 Å². The number of benzene rings is 2. The van der Waals surface area contributed by atoms with Crippen LogP contribution in [0.1, 0.15) is 54.0 Å². The summed E-state index contributed by atoms with van der Waals surface area (Å²) in [5, 5.41) is 0. The number of carbonyl (C=O) groups is 2. The average molecular weight is 404 g/mol. The number of hydrogen-bond donors (Lipinski definition) is 2. The summed E-state index contributed by atoms with van der Waals surface area (Å²) in [4.78, 5) is 25.8. The number of hydrogen-bond acceptors (Lipinski definition) is 5. The van der Waals surface area contributed by atoms with Gasteiger partial charge in [0.15, 0.2) is 0 Å². The molecule has 0 unspecified atom stereocenters. The molecule has 2 N–H and O–H groups in total. The Morgan fingerprint density at radius 3 is 1.96 bits per heavy atom. The maximum absolute atomic E-state index is 12.3. The van der Waals surface area contributed by atoms with Gasteiger partial charge in [-0.15, -0.1) is 4.83 Å². The minimum Gasteiger partial charge on any atom is -0.462 e. The number of sulfonamides is 1. The Morgan fingerprint density at radius 1 is 0.929 bits per heavy atom. The lowest BCUT2D eigenvalue weighted by molar-refractivity contribution is 0.0526. The van der Waals surface area contributed by atoms with Gasteiger partial charge in [-0.3, -0.25) is 10.2 Å². The summed E-state index contributed by atoms with van der Waals surface area (Å²) in [6.07, 6.45) is 0. The number of rotatable bonds is 6. The molecule has 0 bridgehead atoms. The molecule has 0 saturated carbocycles. The Kier molecular flexibility index (Phi) is 6.58. The fraction of sp³-hybridized carbons (Fsp3) is 0.300. The standard InChI is InChI=1S/C20H24N2O5S/c1-5-27-19(24)15-8-12-17(13-9-15)28(25,26)22-21-18(23)14-6-10-16(11-7-14)20(2,3)4/h6-13,22H,5H2,1-4H3,(H,21,23). The van der Waals surface area contributed by atoms with Crippen molar-refractivity contribution in [3.8, 4) is 0 Å². The van der Waals surface area contributed by atoms with Crippen molar-refractivity contribution in [3.63, 3.8) is 0 Å². The van der Waals surface area contributed by atoms with Gasteiger partial charge in [-0.25, -0.2) is 13.2 Å². The van der Waals surface area contributed by atoms with Gasteiger partial charge in [-0.1, -0.05) is 32.9 Å². The van der Waals surface area contributed by atoms with Crippen molar-refractivity contribution in [2.24, 2.45) is 0 Å². The van der Waals surface area contributed by atoms with Crippen LogP contribution in [0.25, 0.3) is 0 Å². The van der Waals surface area contributed by atoms with E-state index in [-0.39, 0.29) is 22.5 Å². The molecule has 0 fully saturated rings. The lowest BCUT2D eigenvalue weighted by atomic mass is 9.87. The van der Waals surface area contributed by atoms with Gasteiger partial charge in [0.1, 0.15) is 0 Å². The summed E-state index contributed by atoms with van der Waals surface area (Å²) in [7, 11) is -3.98. The molecule has 0 atom stereocenters. The van der Waals surface area contributed by atoms with Gasteiger partial charge in [0.05, 0.1) is 17.1 Å². The summed E-state index contributed by atoms with van der Waals surface area (Å²) in [5.74, 6) is -1.11. The molecule has 0 aliphatic rings. The third kappa shape index (κ3) is 5.40. The van der Waals surface area contributed by atoms with Crippen LogP contribution in [0.15, 0.2) is 53.4 Å². The Morgan fingerprint density at radius 2 is 1.46 bits per heavy atom. The van der Waals surface area contributed by atoms with E-state index in [1.807, 2.05) is 17.0 Å². The second kappa shape index (κ2) is 8.53. The van der Waals surface area contributed by atoms with Crippen LogP contribution in [0.4, 0.5) is 0 Å². The highest BCUT2D eigenvalue weighted by molar-refractivity contribution is 7.89.